The molecule has 0 aliphatic rings. The monoisotopic (exact) mass is 262 g/mol. The highest BCUT2D eigenvalue weighted by molar-refractivity contribution is 5.99. The van der Waals surface area contributed by atoms with E-state index in [1.807, 2.05) is 31.2 Å². The highest BCUT2D eigenvalue weighted by Crippen LogP contribution is 2.14. The second kappa shape index (κ2) is 6.00. The molecule has 0 bridgehead atoms. The van der Waals surface area contributed by atoms with Gasteiger partial charge in [0.2, 0.25) is 0 Å². The van der Waals surface area contributed by atoms with Crippen molar-refractivity contribution in [2.24, 2.45) is 5.92 Å². The van der Waals surface area contributed by atoms with Crippen molar-refractivity contribution in [3.8, 4) is 0 Å². The Morgan fingerprint density at radius 1 is 1.16 bits per heavy atom. The molecule has 0 N–H and O–H groups in total. The van der Waals surface area contributed by atoms with Crippen molar-refractivity contribution < 1.29 is 14.3 Å². The first kappa shape index (κ1) is 15.4. The molecule has 0 radical (unpaired) electrons. The Morgan fingerprint density at radius 2 is 1.68 bits per heavy atom. The Kier molecular flexibility index (Phi) is 4.87. The second-order valence-electron chi connectivity index (χ2n) is 5.88. The molecule has 3 nitrogen and oxygen atoms in total. The van der Waals surface area contributed by atoms with Gasteiger partial charge in [0.25, 0.3) is 0 Å². The maximum Gasteiger partial charge on any atom is 0.316 e. The Labute approximate surface area is 115 Å². The minimum atomic E-state index is -0.722. The van der Waals surface area contributed by atoms with Gasteiger partial charge >= 0.3 is 5.97 Å². The summed E-state index contributed by atoms with van der Waals surface area (Å²) < 4.78 is 5.22. The van der Waals surface area contributed by atoms with E-state index in [0.717, 1.165) is 11.1 Å². The van der Waals surface area contributed by atoms with Crippen molar-refractivity contribution in [2.75, 3.05) is 0 Å². The predicted molar refractivity (Wildman–Crippen MR) is 74.9 cm³/mol. The van der Waals surface area contributed by atoms with Crippen LogP contribution in [0.1, 0.15) is 38.8 Å². The van der Waals surface area contributed by atoms with Crippen LogP contribution in [-0.2, 0) is 20.7 Å². The Hall–Kier alpha value is -1.64. The van der Waals surface area contributed by atoms with Gasteiger partial charge < -0.3 is 4.74 Å². The summed E-state index contributed by atoms with van der Waals surface area (Å²) in [5.41, 5.74) is 1.51. The number of benzene rings is 1. The fourth-order valence-electron chi connectivity index (χ4n) is 1.58. The first-order valence-corrected chi connectivity index (χ1v) is 6.50. The van der Waals surface area contributed by atoms with E-state index in [2.05, 4.69) is 0 Å². The number of rotatable bonds is 4. The van der Waals surface area contributed by atoms with Crippen molar-refractivity contribution in [1.82, 2.24) is 0 Å². The number of ether oxygens (including phenoxy) is 1. The molecule has 0 saturated heterocycles. The number of hydrogen-bond donors (Lipinski definition) is 0. The fraction of sp³-hybridized carbons (Fsp3) is 0.500. The van der Waals surface area contributed by atoms with E-state index in [1.165, 1.54) is 0 Å². The van der Waals surface area contributed by atoms with E-state index in [4.69, 9.17) is 4.74 Å². The Morgan fingerprint density at radius 3 is 2.16 bits per heavy atom. The lowest BCUT2D eigenvalue weighted by Crippen LogP contribution is -2.31. The summed E-state index contributed by atoms with van der Waals surface area (Å²) in [6.07, 6.45) is 0.265. The normalized spacial score (nSPS) is 12.9. The third-order valence-electron chi connectivity index (χ3n) is 2.74. The molecule has 0 saturated carbocycles. The van der Waals surface area contributed by atoms with E-state index in [-0.39, 0.29) is 12.2 Å². The van der Waals surface area contributed by atoms with Crippen molar-refractivity contribution >= 4 is 11.8 Å². The van der Waals surface area contributed by atoms with Crippen LogP contribution in [0.15, 0.2) is 24.3 Å². The molecular weight excluding hydrogens is 240 g/mol. The molecule has 19 heavy (non-hydrogen) atoms. The standard InChI is InChI=1S/C16H22O3/c1-11-6-8-13(9-7-11)10-14(17)12(2)15(18)19-16(3,4)5/h6-9,12H,10H2,1-5H3. The van der Waals surface area contributed by atoms with E-state index >= 15 is 0 Å². The van der Waals surface area contributed by atoms with Gasteiger partial charge in [0.15, 0.2) is 5.78 Å². The first-order chi connectivity index (χ1) is 8.69. The van der Waals surface area contributed by atoms with Crippen LogP contribution in [0, 0.1) is 12.8 Å². The molecule has 1 aromatic rings. The van der Waals surface area contributed by atoms with Gasteiger partial charge in [0.1, 0.15) is 11.5 Å². The number of ketones is 1. The molecule has 0 aliphatic heterocycles. The lowest BCUT2D eigenvalue weighted by molar-refractivity contribution is -0.161. The van der Waals surface area contributed by atoms with Crippen LogP contribution in [0.2, 0.25) is 0 Å². The summed E-state index contributed by atoms with van der Waals surface area (Å²) in [5, 5.41) is 0. The second-order valence-corrected chi connectivity index (χ2v) is 5.88. The molecule has 0 spiro atoms. The van der Waals surface area contributed by atoms with Crippen molar-refractivity contribution in [1.29, 1.82) is 0 Å². The molecule has 3 heteroatoms. The van der Waals surface area contributed by atoms with Crippen molar-refractivity contribution in [3.63, 3.8) is 0 Å². The van der Waals surface area contributed by atoms with Gasteiger partial charge in [-0.25, -0.2) is 0 Å². The molecule has 1 atom stereocenters. The summed E-state index contributed by atoms with van der Waals surface area (Å²) >= 11 is 0. The summed E-state index contributed by atoms with van der Waals surface area (Å²) in [7, 11) is 0. The van der Waals surface area contributed by atoms with Crippen LogP contribution in [0.5, 0.6) is 0 Å². The smallest absolute Gasteiger partial charge is 0.316 e. The predicted octanol–water partition coefficient (Wildman–Crippen LogP) is 3.08. The van der Waals surface area contributed by atoms with Gasteiger partial charge in [-0.15, -0.1) is 0 Å². The highest BCUT2D eigenvalue weighted by Gasteiger charge is 2.26. The molecule has 0 aromatic heterocycles. The van der Waals surface area contributed by atoms with Crippen LogP contribution in [0.25, 0.3) is 0 Å². The largest absolute Gasteiger partial charge is 0.459 e. The summed E-state index contributed by atoms with van der Waals surface area (Å²) in [4.78, 5) is 23.8. The summed E-state index contributed by atoms with van der Waals surface area (Å²) in [6, 6.07) is 7.74. The van der Waals surface area contributed by atoms with E-state index in [9.17, 15) is 9.59 Å². The van der Waals surface area contributed by atoms with Crippen LogP contribution in [0.4, 0.5) is 0 Å². The Balaban J connectivity index is 2.62. The van der Waals surface area contributed by atoms with E-state index in [0.29, 0.717) is 0 Å². The van der Waals surface area contributed by atoms with Crippen LogP contribution >= 0.6 is 0 Å². The van der Waals surface area contributed by atoms with Gasteiger partial charge in [-0.3, -0.25) is 9.59 Å². The van der Waals surface area contributed by atoms with Gasteiger partial charge in [-0.1, -0.05) is 29.8 Å². The topological polar surface area (TPSA) is 43.4 Å². The van der Waals surface area contributed by atoms with Crippen LogP contribution < -0.4 is 0 Å². The zero-order chi connectivity index (χ0) is 14.6. The zero-order valence-corrected chi connectivity index (χ0v) is 12.3. The van der Waals surface area contributed by atoms with Gasteiger partial charge in [-0.2, -0.15) is 0 Å². The fourth-order valence-corrected chi connectivity index (χ4v) is 1.58. The highest BCUT2D eigenvalue weighted by atomic mass is 16.6. The quantitative estimate of drug-likeness (QED) is 0.618. The van der Waals surface area contributed by atoms with Crippen LogP contribution in [-0.4, -0.2) is 17.4 Å². The third kappa shape index (κ3) is 5.25. The number of carbonyl (C=O) groups excluding carboxylic acids is 2. The minimum Gasteiger partial charge on any atom is -0.459 e. The average molecular weight is 262 g/mol. The lowest BCUT2D eigenvalue weighted by atomic mass is 9.98. The minimum absolute atomic E-state index is 0.113. The van der Waals surface area contributed by atoms with Gasteiger partial charge in [0.05, 0.1) is 0 Å². The molecule has 0 amide bonds. The van der Waals surface area contributed by atoms with E-state index in [1.54, 1.807) is 27.7 Å². The summed E-state index contributed by atoms with van der Waals surface area (Å²) in [6.45, 7) is 8.98. The molecule has 0 aliphatic carbocycles. The average Bonchev–Trinajstić information content (AvgIpc) is 2.28. The molecule has 1 unspecified atom stereocenters. The van der Waals surface area contributed by atoms with Crippen molar-refractivity contribution in [3.05, 3.63) is 35.4 Å². The number of carbonyl (C=O) groups is 2. The summed E-state index contributed by atoms with van der Waals surface area (Å²) in [5.74, 6) is -1.29. The van der Waals surface area contributed by atoms with Crippen LogP contribution in [0.3, 0.4) is 0 Å². The van der Waals surface area contributed by atoms with E-state index < -0.39 is 17.5 Å². The molecular formula is C16H22O3. The maximum absolute atomic E-state index is 12.0. The number of hydrogen-bond acceptors (Lipinski definition) is 3. The maximum atomic E-state index is 12.0. The van der Waals surface area contributed by atoms with Gasteiger partial charge in [0, 0.05) is 6.42 Å². The molecule has 1 rings (SSSR count). The number of Topliss-reactive ketones (excluding diaryl/α,β-unsaturated/α-hetero) is 1. The third-order valence-corrected chi connectivity index (χ3v) is 2.74. The molecule has 104 valence electrons. The lowest BCUT2D eigenvalue weighted by Gasteiger charge is -2.21. The molecule has 0 heterocycles. The SMILES string of the molecule is Cc1ccc(CC(=O)C(C)C(=O)OC(C)(C)C)cc1. The number of esters is 1. The first-order valence-electron chi connectivity index (χ1n) is 6.50. The molecule has 0 fully saturated rings. The zero-order valence-electron chi connectivity index (χ0n) is 12.3. The van der Waals surface area contributed by atoms with Gasteiger partial charge in [-0.05, 0) is 40.2 Å². The Bertz CT molecular complexity index is 452. The number of aryl methyl sites for hydroxylation is 1. The van der Waals surface area contributed by atoms with Crippen molar-refractivity contribution in [2.45, 2.75) is 46.6 Å². The molecule has 1 aromatic carbocycles.